The van der Waals surface area contributed by atoms with Gasteiger partial charge in [0.2, 0.25) is 0 Å². The van der Waals surface area contributed by atoms with Gasteiger partial charge in [-0.25, -0.2) is 9.59 Å². The molecule has 35 heavy (non-hydrogen) atoms. The predicted octanol–water partition coefficient (Wildman–Crippen LogP) is 2.70. The normalized spacial score (nSPS) is 9.91. The first-order valence-electron chi connectivity index (χ1n) is 10.1. The van der Waals surface area contributed by atoms with Gasteiger partial charge >= 0.3 is 17.9 Å². The molecule has 0 aliphatic heterocycles. The summed E-state index contributed by atoms with van der Waals surface area (Å²) >= 11 is 0. The molecule has 0 unspecified atom stereocenters. The molecular formula is C22H24N2O11. The van der Waals surface area contributed by atoms with Gasteiger partial charge in [-0.15, -0.1) is 0 Å². The van der Waals surface area contributed by atoms with E-state index in [1.165, 1.54) is 37.4 Å². The summed E-state index contributed by atoms with van der Waals surface area (Å²) in [5.41, 5.74) is -0.0738. The number of esters is 2. The number of aliphatic hydroxyl groups is 1. The van der Waals surface area contributed by atoms with Gasteiger partial charge in [-0.1, -0.05) is 24.3 Å². The van der Waals surface area contributed by atoms with E-state index in [9.17, 15) is 34.6 Å². The number of ether oxygens (including phenoxy) is 2. The maximum absolute atomic E-state index is 11.5. The van der Waals surface area contributed by atoms with Gasteiger partial charge in [0.15, 0.2) is 0 Å². The van der Waals surface area contributed by atoms with Crippen molar-refractivity contribution in [2.45, 2.75) is 25.7 Å². The Morgan fingerprint density at radius 2 is 1.26 bits per heavy atom. The largest absolute Gasteiger partial charge is 0.481 e. The highest BCUT2D eigenvalue weighted by atomic mass is 16.6. The van der Waals surface area contributed by atoms with E-state index in [4.69, 9.17) is 10.2 Å². The van der Waals surface area contributed by atoms with E-state index in [1.807, 2.05) is 0 Å². The van der Waals surface area contributed by atoms with Gasteiger partial charge in [0.05, 0.1) is 24.1 Å². The third-order valence-corrected chi connectivity index (χ3v) is 4.64. The fourth-order valence-corrected chi connectivity index (χ4v) is 3.08. The molecule has 13 heteroatoms. The van der Waals surface area contributed by atoms with Crippen LogP contribution in [-0.4, -0.2) is 58.8 Å². The summed E-state index contributed by atoms with van der Waals surface area (Å²) in [6.45, 7) is -0.0384. The monoisotopic (exact) mass is 492 g/mol. The van der Waals surface area contributed by atoms with E-state index in [2.05, 4.69) is 9.47 Å². The summed E-state index contributed by atoms with van der Waals surface area (Å²) in [5.74, 6) is -2.62. The molecule has 0 spiro atoms. The highest BCUT2D eigenvalue weighted by Gasteiger charge is 2.25. The Kier molecular flexibility index (Phi) is 11.5. The van der Waals surface area contributed by atoms with Crippen LogP contribution in [0.25, 0.3) is 0 Å². The summed E-state index contributed by atoms with van der Waals surface area (Å²) in [6.07, 6.45) is 0.639. The number of aliphatic hydroxyl groups excluding tert-OH is 1. The van der Waals surface area contributed by atoms with Gasteiger partial charge in [-0.2, -0.15) is 0 Å². The average Bonchev–Trinajstić information content (AvgIpc) is 2.84. The van der Waals surface area contributed by atoms with Crippen molar-refractivity contribution in [2.24, 2.45) is 0 Å². The third kappa shape index (κ3) is 8.16. The van der Waals surface area contributed by atoms with Gasteiger partial charge in [-0.05, 0) is 30.4 Å². The minimum Gasteiger partial charge on any atom is -0.481 e. The molecule has 0 heterocycles. The molecule has 2 rings (SSSR count). The van der Waals surface area contributed by atoms with E-state index in [0.29, 0.717) is 24.0 Å². The second-order valence-electron chi connectivity index (χ2n) is 6.84. The number of nitrogens with zero attached hydrogens (tertiary/aromatic N) is 2. The topological polar surface area (TPSA) is 196 Å². The van der Waals surface area contributed by atoms with Crippen molar-refractivity contribution in [2.75, 3.05) is 20.8 Å². The van der Waals surface area contributed by atoms with Crippen molar-refractivity contribution in [3.05, 3.63) is 78.9 Å². The number of aliphatic carboxylic acids is 1. The Hall–Kier alpha value is -4.39. The molecule has 0 saturated heterocycles. The van der Waals surface area contributed by atoms with Crippen LogP contribution in [0.15, 0.2) is 36.4 Å². The van der Waals surface area contributed by atoms with Crippen LogP contribution in [0.1, 0.15) is 44.7 Å². The average molecular weight is 492 g/mol. The maximum Gasteiger partial charge on any atom is 0.345 e. The molecule has 0 aliphatic rings. The molecular weight excluding hydrogens is 468 g/mol. The first-order valence-corrected chi connectivity index (χ1v) is 10.1. The maximum atomic E-state index is 11.5. The summed E-state index contributed by atoms with van der Waals surface area (Å²) in [4.78, 5) is 53.9. The van der Waals surface area contributed by atoms with Crippen LogP contribution in [0, 0.1) is 20.2 Å². The molecule has 0 saturated carbocycles. The molecule has 188 valence electrons. The number of carbonyl (C=O) groups excluding carboxylic acids is 2. The lowest BCUT2D eigenvalue weighted by molar-refractivity contribution is -0.385. The van der Waals surface area contributed by atoms with Gasteiger partial charge in [0.1, 0.15) is 11.1 Å². The lowest BCUT2D eigenvalue weighted by Crippen LogP contribution is -2.10. The van der Waals surface area contributed by atoms with E-state index < -0.39 is 27.8 Å². The van der Waals surface area contributed by atoms with Crippen LogP contribution >= 0.6 is 0 Å². The number of rotatable bonds is 10. The first-order chi connectivity index (χ1) is 16.6. The van der Waals surface area contributed by atoms with Crippen molar-refractivity contribution < 1.29 is 43.9 Å². The number of aryl methyl sites for hydroxylation is 2. The molecule has 0 atom stereocenters. The molecule has 2 aromatic rings. The molecule has 0 amide bonds. The molecule has 0 aliphatic carbocycles. The molecule has 13 nitrogen and oxygen atoms in total. The number of carboxylic acids is 1. The Morgan fingerprint density at radius 3 is 1.60 bits per heavy atom. The molecule has 0 aromatic heterocycles. The number of methoxy groups -OCH3 is 2. The van der Waals surface area contributed by atoms with E-state index >= 15 is 0 Å². The minimum absolute atomic E-state index is 0.0292. The minimum atomic E-state index is -1.04. The van der Waals surface area contributed by atoms with E-state index in [0.717, 1.165) is 7.11 Å². The first kappa shape index (κ1) is 28.6. The SMILES string of the molecule is COC(=O)c1c(CCC(=O)O)cccc1[N+](=O)[O-].COC(=O)c1c(CCCO)cccc1[N+](=O)[O-]. The van der Waals surface area contributed by atoms with Crippen molar-refractivity contribution in [1.82, 2.24) is 0 Å². The Morgan fingerprint density at radius 1 is 0.829 bits per heavy atom. The highest BCUT2D eigenvalue weighted by Crippen LogP contribution is 2.25. The predicted molar refractivity (Wildman–Crippen MR) is 120 cm³/mol. The van der Waals surface area contributed by atoms with Gasteiger partial charge in [0.25, 0.3) is 11.4 Å². The van der Waals surface area contributed by atoms with Crippen LogP contribution in [0.5, 0.6) is 0 Å². The van der Waals surface area contributed by atoms with Crippen LogP contribution in [0.2, 0.25) is 0 Å². The second-order valence-corrected chi connectivity index (χ2v) is 6.84. The standard InChI is InChI=1S/C11H11NO6.C11H13NO5/c1-18-11(15)10-7(5-6-9(13)14)3-2-4-8(10)12(16)17;1-17-11(14)10-8(5-3-7-13)4-2-6-9(10)12(15)16/h2-4H,5-6H2,1H3,(H,13,14);2,4,6,13H,3,5,7H2,1H3. The molecule has 0 bridgehead atoms. The van der Waals surface area contributed by atoms with Crippen LogP contribution in [-0.2, 0) is 27.1 Å². The number of hydrogen-bond donors (Lipinski definition) is 2. The number of hydrogen-bond acceptors (Lipinski definition) is 10. The molecule has 2 N–H and O–H groups in total. The molecule has 0 fully saturated rings. The fraction of sp³-hybridized carbons (Fsp3) is 0.318. The fourth-order valence-electron chi connectivity index (χ4n) is 3.08. The van der Waals surface area contributed by atoms with Crippen LogP contribution in [0.3, 0.4) is 0 Å². The highest BCUT2D eigenvalue weighted by molar-refractivity contribution is 5.96. The van der Waals surface area contributed by atoms with Crippen LogP contribution in [0.4, 0.5) is 11.4 Å². The quantitative estimate of drug-likeness (QED) is 0.281. The summed E-state index contributed by atoms with van der Waals surface area (Å²) in [6, 6.07) is 8.45. The summed E-state index contributed by atoms with van der Waals surface area (Å²) < 4.78 is 9.03. The third-order valence-electron chi connectivity index (χ3n) is 4.64. The number of carboxylic acid groups (broad SMARTS) is 1. The zero-order valence-corrected chi connectivity index (χ0v) is 19.0. The van der Waals surface area contributed by atoms with E-state index in [1.54, 1.807) is 6.07 Å². The zero-order valence-electron chi connectivity index (χ0n) is 19.0. The van der Waals surface area contributed by atoms with Crippen molar-refractivity contribution in [1.29, 1.82) is 0 Å². The van der Waals surface area contributed by atoms with Crippen molar-refractivity contribution in [3.63, 3.8) is 0 Å². The Labute approximate surface area is 199 Å². The summed E-state index contributed by atoms with van der Waals surface area (Å²) in [7, 11) is 2.29. The number of nitro groups is 2. The van der Waals surface area contributed by atoms with Gasteiger partial charge in [-0.3, -0.25) is 25.0 Å². The van der Waals surface area contributed by atoms with Gasteiger partial charge < -0.3 is 19.7 Å². The smallest absolute Gasteiger partial charge is 0.345 e. The van der Waals surface area contributed by atoms with Gasteiger partial charge in [0, 0.05) is 25.2 Å². The van der Waals surface area contributed by atoms with E-state index in [-0.39, 0.29) is 42.0 Å². The number of carbonyl (C=O) groups is 3. The number of nitro benzene ring substituents is 2. The zero-order chi connectivity index (χ0) is 26.5. The van der Waals surface area contributed by atoms with Crippen molar-refractivity contribution in [3.8, 4) is 0 Å². The second kappa shape index (κ2) is 14.0. The summed E-state index contributed by atoms with van der Waals surface area (Å²) in [5, 5.41) is 39.0. The number of benzene rings is 2. The van der Waals surface area contributed by atoms with Crippen LogP contribution < -0.4 is 0 Å². The Bertz CT molecular complexity index is 1100. The lowest BCUT2D eigenvalue weighted by Gasteiger charge is -2.07. The Balaban J connectivity index is 0.000000351. The van der Waals surface area contributed by atoms with Crippen molar-refractivity contribution >= 4 is 29.3 Å². The molecule has 2 aromatic carbocycles. The molecule has 0 radical (unpaired) electrons. The lowest BCUT2D eigenvalue weighted by atomic mass is 10.0.